The number of nitrogens with zero attached hydrogens (tertiary/aromatic N) is 1. The molecule has 0 unspecified atom stereocenters. The molecule has 1 aliphatic heterocycles. The second-order valence-corrected chi connectivity index (χ2v) is 6.81. The molecule has 3 rings (SSSR count). The molecule has 0 aromatic heterocycles. The molecule has 1 heterocycles. The lowest BCUT2D eigenvalue weighted by atomic mass is 10.2. The molecule has 0 bridgehead atoms. The number of ether oxygens (including phenoxy) is 2. The lowest BCUT2D eigenvalue weighted by Crippen LogP contribution is -2.34. The lowest BCUT2D eigenvalue weighted by molar-refractivity contribution is 0.0843. The topological polar surface area (TPSA) is 47.7 Å². The van der Waals surface area contributed by atoms with Gasteiger partial charge in [0.25, 0.3) is 0 Å². The van der Waals surface area contributed by atoms with Crippen LogP contribution < -0.4 is 10.5 Å². The summed E-state index contributed by atoms with van der Waals surface area (Å²) < 4.78 is 12.1. The van der Waals surface area contributed by atoms with Gasteiger partial charge in [-0.25, -0.2) is 0 Å². The van der Waals surface area contributed by atoms with Crippen molar-refractivity contribution < 1.29 is 9.47 Å². The zero-order valence-electron chi connectivity index (χ0n) is 13.5. The molecule has 2 N–H and O–H groups in total. The summed E-state index contributed by atoms with van der Waals surface area (Å²) in [5.74, 6) is 1.32. The minimum atomic E-state index is 0. The van der Waals surface area contributed by atoms with Gasteiger partial charge < -0.3 is 15.2 Å². The molecule has 0 atom stereocenters. The Hall–Kier alpha value is -1.40. The molecule has 0 saturated carbocycles. The number of hydrogen-bond donors (Lipinski definition) is 1. The highest BCUT2D eigenvalue weighted by Crippen LogP contribution is 2.33. The molecule has 0 spiro atoms. The number of rotatable bonds is 4. The van der Waals surface area contributed by atoms with Crippen molar-refractivity contribution in [1.82, 2.24) is 4.90 Å². The van der Waals surface area contributed by atoms with Gasteiger partial charge in [0.05, 0.1) is 17.3 Å². The van der Waals surface area contributed by atoms with Crippen LogP contribution in [0.25, 0.3) is 0 Å². The predicted octanol–water partition coefficient (Wildman–Crippen LogP) is 4.86. The summed E-state index contributed by atoms with van der Waals surface area (Å²) in [5, 5.41) is 0.551. The molecule has 1 fully saturated rings. The van der Waals surface area contributed by atoms with Gasteiger partial charge in [0, 0.05) is 17.6 Å². The quantitative estimate of drug-likeness (QED) is 0.539. The Morgan fingerprint density at radius 1 is 1.28 bits per heavy atom. The van der Waals surface area contributed by atoms with Crippen LogP contribution in [0, 0.1) is 0 Å². The third kappa shape index (κ3) is 5.54. The maximum Gasteiger partial charge on any atom is 0.150 e. The van der Waals surface area contributed by atoms with E-state index in [0.29, 0.717) is 29.6 Å². The van der Waals surface area contributed by atoms with Crippen LogP contribution in [-0.4, -0.2) is 24.6 Å². The van der Waals surface area contributed by atoms with Crippen LogP contribution >= 0.6 is 39.9 Å². The third-order valence-corrected chi connectivity index (χ3v) is 4.89. The molecule has 25 heavy (non-hydrogen) atoms. The van der Waals surface area contributed by atoms with Gasteiger partial charge in [-0.15, -0.1) is 12.4 Å². The molecule has 1 aliphatic rings. The first-order chi connectivity index (χ1) is 11.6. The molecule has 0 amide bonds. The first-order valence-electron chi connectivity index (χ1n) is 7.61. The van der Waals surface area contributed by atoms with E-state index < -0.39 is 0 Å². The van der Waals surface area contributed by atoms with Gasteiger partial charge in [0.15, 0.2) is 5.75 Å². The van der Waals surface area contributed by atoms with Crippen LogP contribution in [0.4, 0.5) is 5.69 Å². The summed E-state index contributed by atoms with van der Waals surface area (Å²) in [4.78, 5) is 2.31. The monoisotopic (exact) mass is 444 g/mol. The summed E-state index contributed by atoms with van der Waals surface area (Å²) >= 11 is 9.37. The van der Waals surface area contributed by atoms with Gasteiger partial charge in [0.2, 0.25) is 0 Å². The normalized spacial score (nSPS) is 16.2. The van der Waals surface area contributed by atoms with E-state index in [4.69, 9.17) is 26.8 Å². The molecule has 7 heteroatoms. The fourth-order valence-corrected chi connectivity index (χ4v) is 2.97. The van der Waals surface area contributed by atoms with Gasteiger partial charge in [-0.05, 0) is 33.6 Å². The largest absolute Gasteiger partial charge is 0.492 e. The van der Waals surface area contributed by atoms with Crippen molar-refractivity contribution in [1.29, 1.82) is 0 Å². The van der Waals surface area contributed by atoms with E-state index in [1.54, 1.807) is 18.4 Å². The number of benzene rings is 2. The zero-order chi connectivity index (χ0) is 16.9. The molecule has 4 nitrogen and oxygen atoms in total. The van der Waals surface area contributed by atoms with Crippen molar-refractivity contribution in [3.8, 4) is 5.75 Å². The van der Waals surface area contributed by atoms with Crippen LogP contribution in [0.3, 0.4) is 0 Å². The van der Waals surface area contributed by atoms with Crippen LogP contribution in [0.15, 0.2) is 59.0 Å². The van der Waals surface area contributed by atoms with Crippen molar-refractivity contribution in [3.05, 3.63) is 69.5 Å². The van der Waals surface area contributed by atoms with Crippen molar-refractivity contribution in [2.24, 2.45) is 0 Å². The number of hydrogen-bond acceptors (Lipinski definition) is 4. The molecule has 2 aromatic rings. The summed E-state index contributed by atoms with van der Waals surface area (Å²) in [6, 6.07) is 13.8. The average Bonchev–Trinajstić information content (AvgIpc) is 2.58. The standard InChI is InChI=1S/C18H18BrClN2O2.ClH/c19-15-8-18(17(21)9-16(15)20)24-12-14-11-22(6-7-23-14)10-13-4-2-1-3-5-13;/h1-5,8-9,12H,6-7,10-11,21H2;1H. The Labute approximate surface area is 167 Å². The van der Waals surface area contributed by atoms with Gasteiger partial charge in [-0.2, -0.15) is 0 Å². The Morgan fingerprint density at radius 3 is 2.80 bits per heavy atom. The van der Waals surface area contributed by atoms with E-state index >= 15 is 0 Å². The number of nitrogens with two attached hydrogens (primary N) is 1. The third-order valence-electron chi connectivity index (χ3n) is 3.69. The second kappa shape index (κ2) is 9.34. The molecule has 0 aliphatic carbocycles. The van der Waals surface area contributed by atoms with Crippen LogP contribution in [0.1, 0.15) is 5.56 Å². The number of halogens is 3. The Morgan fingerprint density at radius 2 is 2.04 bits per heavy atom. The maximum absolute atomic E-state index is 6.00. The molecule has 134 valence electrons. The van der Waals surface area contributed by atoms with Crippen LogP contribution in [-0.2, 0) is 11.3 Å². The summed E-state index contributed by atoms with van der Waals surface area (Å²) in [6.45, 7) is 3.11. The fourth-order valence-electron chi connectivity index (χ4n) is 2.47. The number of anilines is 1. The maximum atomic E-state index is 6.00. The minimum absolute atomic E-state index is 0. The number of nitrogen functional groups attached to an aromatic ring is 1. The highest BCUT2D eigenvalue weighted by molar-refractivity contribution is 9.10. The molecule has 2 aromatic carbocycles. The molecular formula is C18H19BrCl2N2O2. The van der Waals surface area contributed by atoms with Gasteiger partial charge in [-0.1, -0.05) is 41.9 Å². The van der Waals surface area contributed by atoms with E-state index in [1.165, 1.54) is 5.56 Å². The first kappa shape index (κ1) is 19.9. The van der Waals surface area contributed by atoms with E-state index in [1.807, 2.05) is 6.07 Å². The van der Waals surface area contributed by atoms with E-state index in [9.17, 15) is 0 Å². The average molecular weight is 446 g/mol. The summed E-state index contributed by atoms with van der Waals surface area (Å²) in [6.07, 6.45) is 1.61. The first-order valence-corrected chi connectivity index (χ1v) is 8.78. The van der Waals surface area contributed by atoms with Gasteiger partial charge in [0.1, 0.15) is 18.6 Å². The Kier molecular flexibility index (Phi) is 7.44. The summed E-state index contributed by atoms with van der Waals surface area (Å²) in [7, 11) is 0. The van der Waals surface area contributed by atoms with E-state index in [-0.39, 0.29) is 12.4 Å². The number of morpholine rings is 1. The van der Waals surface area contributed by atoms with Crippen LogP contribution in [0.5, 0.6) is 5.75 Å². The van der Waals surface area contributed by atoms with E-state index in [0.717, 1.165) is 23.3 Å². The predicted molar refractivity (Wildman–Crippen MR) is 107 cm³/mol. The van der Waals surface area contributed by atoms with Gasteiger partial charge >= 0.3 is 0 Å². The Bertz CT molecular complexity index is 741. The van der Waals surface area contributed by atoms with Crippen molar-refractivity contribution >= 4 is 45.6 Å². The highest BCUT2D eigenvalue weighted by atomic mass is 79.9. The van der Waals surface area contributed by atoms with Crippen molar-refractivity contribution in [3.63, 3.8) is 0 Å². The van der Waals surface area contributed by atoms with Crippen LogP contribution in [0.2, 0.25) is 5.02 Å². The van der Waals surface area contributed by atoms with Gasteiger partial charge in [-0.3, -0.25) is 4.90 Å². The SMILES string of the molecule is Cl.Nc1cc(Cl)c(Br)cc1OC=C1CN(Cc2ccccc2)CCO1. The highest BCUT2D eigenvalue weighted by Gasteiger charge is 2.16. The smallest absolute Gasteiger partial charge is 0.150 e. The molecule has 0 radical (unpaired) electrons. The van der Waals surface area contributed by atoms with E-state index in [2.05, 4.69) is 45.1 Å². The summed E-state index contributed by atoms with van der Waals surface area (Å²) in [5.41, 5.74) is 7.69. The van der Waals surface area contributed by atoms with Crippen molar-refractivity contribution in [2.75, 3.05) is 25.4 Å². The fraction of sp³-hybridized carbons (Fsp3) is 0.222. The zero-order valence-corrected chi connectivity index (χ0v) is 16.6. The lowest BCUT2D eigenvalue weighted by Gasteiger charge is -2.28. The van der Waals surface area contributed by atoms with Crippen molar-refractivity contribution in [2.45, 2.75) is 6.54 Å². The second-order valence-electron chi connectivity index (χ2n) is 5.55. The Balaban J connectivity index is 0.00000225. The molecular weight excluding hydrogens is 427 g/mol. The molecule has 1 saturated heterocycles. The minimum Gasteiger partial charge on any atom is -0.492 e.